The fourth-order valence-electron chi connectivity index (χ4n) is 1.14. The van der Waals surface area contributed by atoms with E-state index < -0.39 is 0 Å². The van der Waals surface area contributed by atoms with Gasteiger partial charge in [0.05, 0.1) is 5.69 Å². The number of alkyl halides is 1. The second kappa shape index (κ2) is 3.96. The monoisotopic (exact) mass is 321 g/mol. The molecular weight excluding hydrogens is 317 g/mol. The summed E-state index contributed by atoms with van der Waals surface area (Å²) in [6, 6.07) is 6.48. The highest BCUT2D eigenvalue weighted by Crippen LogP contribution is 2.23. The number of amidine groups is 1. The smallest absolute Gasteiger partial charge is 0.190 e. The lowest BCUT2D eigenvalue weighted by Crippen LogP contribution is -2.37. The Balaban J connectivity index is 2.34. The molecule has 1 aliphatic rings. The average Bonchev–Trinajstić information content (AvgIpc) is 2.46. The molecule has 0 radical (unpaired) electrons. The molecule has 0 fully saturated rings. The van der Waals surface area contributed by atoms with E-state index in [0.717, 1.165) is 0 Å². The number of benzene rings is 1. The lowest BCUT2D eigenvalue weighted by molar-refractivity contribution is 0.619. The van der Waals surface area contributed by atoms with Crippen molar-refractivity contribution in [3.8, 4) is 0 Å². The molecule has 0 saturated carbocycles. The van der Waals surface area contributed by atoms with Gasteiger partial charge in [-0.2, -0.15) is 5.43 Å². The number of aliphatic imine (C=N–C) groups is 1. The third-order valence-corrected chi connectivity index (χ3v) is 2.70. The van der Waals surface area contributed by atoms with Gasteiger partial charge in [-0.3, -0.25) is 0 Å². The third-order valence-electron chi connectivity index (χ3n) is 1.73. The molecule has 0 aromatic heterocycles. The maximum absolute atomic E-state index is 13.4. The first-order valence-corrected chi connectivity index (χ1v) is 5.57. The Bertz CT molecular complexity index is 383. The molecule has 1 aromatic carbocycles. The largest absolute Gasteiger partial charge is 0.248 e. The Kier molecular flexibility index (Phi) is 2.85. The summed E-state index contributed by atoms with van der Waals surface area (Å²) in [4.78, 5) is 4.09. The number of nitrogens with zero attached hydrogens (tertiary/aromatic N) is 2. The van der Waals surface area contributed by atoms with Gasteiger partial charge in [-0.25, -0.2) is 14.4 Å². The van der Waals surface area contributed by atoms with Crippen molar-refractivity contribution in [2.75, 3.05) is 5.01 Å². The highest BCUT2D eigenvalue weighted by Gasteiger charge is 2.23. The molecule has 0 aliphatic carbocycles. The molecule has 1 aliphatic heterocycles. The number of hydrogen-bond donors (Lipinski definition) is 1. The average molecular weight is 323 g/mol. The Hall–Kier alpha value is -0.460. The number of rotatable bonds is 1. The zero-order chi connectivity index (χ0) is 10.1. The highest BCUT2D eigenvalue weighted by atomic mass is 79.9. The van der Waals surface area contributed by atoms with Gasteiger partial charge < -0.3 is 0 Å². The van der Waals surface area contributed by atoms with Crippen LogP contribution in [-0.4, -0.2) is 9.82 Å². The molecule has 1 heterocycles. The molecule has 1 atom stereocenters. The van der Waals surface area contributed by atoms with Crippen LogP contribution in [0.4, 0.5) is 10.1 Å². The van der Waals surface area contributed by atoms with Crippen molar-refractivity contribution in [1.82, 2.24) is 5.43 Å². The fraction of sp³-hybridized carbons (Fsp3) is 0.125. The molecule has 74 valence electrons. The number of para-hydroxylation sites is 1. The predicted molar refractivity (Wildman–Crippen MR) is 61.1 cm³/mol. The van der Waals surface area contributed by atoms with Crippen LogP contribution in [0, 0.1) is 5.82 Å². The molecule has 0 saturated heterocycles. The predicted octanol–water partition coefficient (Wildman–Crippen LogP) is 2.58. The normalized spacial score (nSPS) is 21.2. The van der Waals surface area contributed by atoms with Crippen LogP contribution in [0.3, 0.4) is 0 Å². The van der Waals surface area contributed by atoms with Crippen LogP contribution in [0.2, 0.25) is 0 Å². The molecule has 14 heavy (non-hydrogen) atoms. The van der Waals surface area contributed by atoms with Gasteiger partial charge in [-0.05, 0) is 44.0 Å². The van der Waals surface area contributed by atoms with Gasteiger partial charge in [0.2, 0.25) is 0 Å². The van der Waals surface area contributed by atoms with E-state index in [9.17, 15) is 4.39 Å². The second-order valence-corrected chi connectivity index (χ2v) is 4.23. The van der Waals surface area contributed by atoms with Gasteiger partial charge in [0, 0.05) is 0 Å². The second-order valence-electron chi connectivity index (χ2n) is 2.65. The fourth-order valence-corrected chi connectivity index (χ4v) is 2.31. The molecule has 1 unspecified atom stereocenters. The summed E-state index contributed by atoms with van der Waals surface area (Å²) in [5, 5.41) is 1.31. The zero-order valence-corrected chi connectivity index (χ0v) is 10.1. The van der Waals surface area contributed by atoms with Crippen molar-refractivity contribution in [3.05, 3.63) is 30.1 Å². The number of nitrogens with one attached hydrogen (secondary N) is 1. The summed E-state index contributed by atoms with van der Waals surface area (Å²) in [6.07, 6.45) is 0. The molecule has 0 amide bonds. The first kappa shape index (κ1) is 10.1. The van der Waals surface area contributed by atoms with Crippen LogP contribution >= 0.6 is 31.9 Å². The van der Waals surface area contributed by atoms with E-state index in [4.69, 9.17) is 0 Å². The zero-order valence-electron chi connectivity index (χ0n) is 6.92. The van der Waals surface area contributed by atoms with E-state index >= 15 is 0 Å². The Morgan fingerprint density at radius 3 is 2.71 bits per heavy atom. The van der Waals surface area contributed by atoms with Crippen molar-refractivity contribution >= 4 is 42.3 Å². The number of hydrazine groups is 1. The minimum absolute atomic E-state index is 0.225. The van der Waals surface area contributed by atoms with Crippen molar-refractivity contribution in [1.29, 1.82) is 0 Å². The van der Waals surface area contributed by atoms with Crippen LogP contribution in [0.15, 0.2) is 29.3 Å². The van der Waals surface area contributed by atoms with Gasteiger partial charge in [-0.1, -0.05) is 12.1 Å². The molecule has 6 heteroatoms. The highest BCUT2D eigenvalue weighted by molar-refractivity contribution is 9.18. The Morgan fingerprint density at radius 1 is 1.43 bits per heavy atom. The molecule has 1 aromatic rings. The van der Waals surface area contributed by atoms with Crippen molar-refractivity contribution in [2.24, 2.45) is 4.99 Å². The minimum Gasteiger partial charge on any atom is -0.248 e. The van der Waals surface area contributed by atoms with E-state index in [1.54, 1.807) is 18.2 Å². The maximum Gasteiger partial charge on any atom is 0.190 e. The topological polar surface area (TPSA) is 27.6 Å². The molecule has 1 N–H and O–H groups in total. The van der Waals surface area contributed by atoms with E-state index in [0.29, 0.717) is 10.4 Å². The van der Waals surface area contributed by atoms with Gasteiger partial charge >= 0.3 is 0 Å². The van der Waals surface area contributed by atoms with E-state index in [1.165, 1.54) is 11.1 Å². The molecule has 0 bridgehead atoms. The van der Waals surface area contributed by atoms with Gasteiger partial charge in [-0.15, -0.1) is 0 Å². The van der Waals surface area contributed by atoms with E-state index in [-0.39, 0.29) is 10.9 Å². The standard InChI is InChI=1S/C8H6Br2FN3/c9-7-12-8(10)14(13-7)6-4-2-1-3-5(6)11/h1-4,7,13H. The van der Waals surface area contributed by atoms with Crippen molar-refractivity contribution < 1.29 is 4.39 Å². The summed E-state index contributed by atoms with van der Waals surface area (Å²) in [6.45, 7) is 0. The summed E-state index contributed by atoms with van der Waals surface area (Å²) in [5.74, 6) is -0.297. The maximum atomic E-state index is 13.4. The summed E-state index contributed by atoms with van der Waals surface area (Å²) < 4.78 is 13.9. The molecule has 2 rings (SSSR count). The number of hydrogen-bond acceptors (Lipinski definition) is 3. The van der Waals surface area contributed by atoms with Crippen molar-refractivity contribution in [2.45, 2.75) is 5.08 Å². The van der Waals surface area contributed by atoms with Crippen LogP contribution in [-0.2, 0) is 0 Å². The van der Waals surface area contributed by atoms with Gasteiger partial charge in [0.15, 0.2) is 9.82 Å². The Morgan fingerprint density at radius 2 is 2.14 bits per heavy atom. The van der Waals surface area contributed by atoms with Crippen LogP contribution in [0.5, 0.6) is 0 Å². The summed E-state index contributed by atoms with van der Waals surface area (Å²) >= 11 is 6.48. The van der Waals surface area contributed by atoms with Crippen LogP contribution < -0.4 is 10.4 Å². The van der Waals surface area contributed by atoms with E-state index in [1.807, 2.05) is 0 Å². The Labute approximate surface area is 97.2 Å². The summed E-state index contributed by atoms with van der Waals surface area (Å²) in [5.41, 5.74) is 3.36. The first-order chi connectivity index (χ1) is 6.68. The summed E-state index contributed by atoms with van der Waals surface area (Å²) in [7, 11) is 0. The molecular formula is C8H6Br2FN3. The molecule has 3 nitrogen and oxygen atoms in total. The lowest BCUT2D eigenvalue weighted by Gasteiger charge is -2.18. The number of anilines is 1. The minimum atomic E-state index is -0.297. The van der Waals surface area contributed by atoms with E-state index in [2.05, 4.69) is 42.3 Å². The van der Waals surface area contributed by atoms with Gasteiger partial charge in [0.1, 0.15) is 5.82 Å². The van der Waals surface area contributed by atoms with Crippen LogP contribution in [0.1, 0.15) is 0 Å². The van der Waals surface area contributed by atoms with Crippen LogP contribution in [0.25, 0.3) is 0 Å². The quantitative estimate of drug-likeness (QED) is 0.635. The first-order valence-electron chi connectivity index (χ1n) is 3.86. The van der Waals surface area contributed by atoms with Gasteiger partial charge in [0.25, 0.3) is 0 Å². The SMILES string of the molecule is Fc1ccccc1N1NC(Br)N=C1Br. The lowest BCUT2D eigenvalue weighted by atomic mass is 10.3. The number of halogens is 3. The molecule has 0 spiro atoms. The van der Waals surface area contributed by atoms with Crippen molar-refractivity contribution in [3.63, 3.8) is 0 Å². The third kappa shape index (κ3) is 1.82.